The van der Waals surface area contributed by atoms with Gasteiger partial charge in [0.1, 0.15) is 6.54 Å². The number of carboxylic acids is 1. The second-order valence-corrected chi connectivity index (χ2v) is 6.94. The van der Waals surface area contributed by atoms with E-state index in [0.29, 0.717) is 6.54 Å². The number of amides is 2. The zero-order valence-corrected chi connectivity index (χ0v) is 14.9. The van der Waals surface area contributed by atoms with Crippen molar-refractivity contribution in [2.75, 3.05) is 24.2 Å². The van der Waals surface area contributed by atoms with Crippen LogP contribution in [-0.2, 0) is 14.4 Å². The molecule has 0 spiro atoms. The molecule has 130 valence electrons. The molecular weight excluding hydrogens is 328 g/mol. The minimum absolute atomic E-state index is 0.107. The first kappa shape index (κ1) is 18.3. The number of rotatable bonds is 6. The van der Waals surface area contributed by atoms with Gasteiger partial charge in [-0.2, -0.15) is 0 Å². The summed E-state index contributed by atoms with van der Waals surface area (Å²) in [7, 11) is 0. The van der Waals surface area contributed by atoms with Crippen molar-refractivity contribution in [1.82, 2.24) is 4.90 Å². The molecule has 2 amide bonds. The first-order chi connectivity index (χ1) is 11.3. The van der Waals surface area contributed by atoms with Crippen molar-refractivity contribution in [3.05, 3.63) is 24.3 Å². The SMILES string of the molecule is CSc1ccc(N2CC(C(=O)N(CC(=O)O)C(C)C)CC2=O)cc1. The van der Waals surface area contributed by atoms with Gasteiger partial charge in [0.2, 0.25) is 11.8 Å². The highest BCUT2D eigenvalue weighted by Crippen LogP contribution is 2.28. The fourth-order valence-electron chi connectivity index (χ4n) is 2.78. The van der Waals surface area contributed by atoms with E-state index in [1.807, 2.05) is 30.5 Å². The Balaban J connectivity index is 2.12. The molecule has 1 N–H and O–H groups in total. The van der Waals surface area contributed by atoms with Crippen molar-refractivity contribution in [3.8, 4) is 0 Å². The van der Waals surface area contributed by atoms with Crippen molar-refractivity contribution in [3.63, 3.8) is 0 Å². The third-order valence-corrected chi connectivity index (χ3v) is 4.81. The number of carbonyl (C=O) groups excluding carboxylic acids is 2. The van der Waals surface area contributed by atoms with E-state index >= 15 is 0 Å². The Hall–Kier alpha value is -2.02. The Morgan fingerprint density at radius 2 is 1.96 bits per heavy atom. The third kappa shape index (κ3) is 4.08. The molecule has 1 heterocycles. The van der Waals surface area contributed by atoms with Crippen molar-refractivity contribution in [2.24, 2.45) is 5.92 Å². The molecule has 1 aliphatic heterocycles. The number of carbonyl (C=O) groups is 3. The predicted octanol–water partition coefficient (Wildman–Crippen LogP) is 2.08. The summed E-state index contributed by atoms with van der Waals surface area (Å²) < 4.78 is 0. The molecule has 1 atom stereocenters. The molecule has 2 rings (SSSR count). The van der Waals surface area contributed by atoms with Gasteiger partial charge < -0.3 is 14.9 Å². The summed E-state index contributed by atoms with van der Waals surface area (Å²) in [6, 6.07) is 7.39. The van der Waals surface area contributed by atoms with Crippen LogP contribution in [0.1, 0.15) is 20.3 Å². The quantitative estimate of drug-likeness (QED) is 0.795. The minimum Gasteiger partial charge on any atom is -0.480 e. The Morgan fingerprint density at radius 1 is 1.33 bits per heavy atom. The van der Waals surface area contributed by atoms with Crippen LogP contribution in [-0.4, -0.2) is 53.2 Å². The number of carboxylic acid groups (broad SMARTS) is 1. The maximum atomic E-state index is 12.6. The summed E-state index contributed by atoms with van der Waals surface area (Å²) >= 11 is 1.62. The number of aliphatic carboxylic acids is 1. The van der Waals surface area contributed by atoms with Gasteiger partial charge in [-0.1, -0.05) is 0 Å². The van der Waals surface area contributed by atoms with Gasteiger partial charge in [0, 0.05) is 29.6 Å². The summed E-state index contributed by atoms with van der Waals surface area (Å²) in [5.74, 6) is -1.93. The monoisotopic (exact) mass is 350 g/mol. The maximum absolute atomic E-state index is 12.6. The Morgan fingerprint density at radius 3 is 2.46 bits per heavy atom. The molecular formula is C17H22N2O4S. The molecule has 0 aliphatic carbocycles. The molecule has 0 radical (unpaired) electrons. The van der Waals surface area contributed by atoms with E-state index in [4.69, 9.17) is 5.11 Å². The second kappa shape index (κ2) is 7.70. The van der Waals surface area contributed by atoms with E-state index in [2.05, 4.69) is 0 Å². The summed E-state index contributed by atoms with van der Waals surface area (Å²) in [6.07, 6.45) is 2.10. The largest absolute Gasteiger partial charge is 0.480 e. The third-order valence-electron chi connectivity index (χ3n) is 4.07. The average Bonchev–Trinajstić information content (AvgIpc) is 2.93. The van der Waals surface area contributed by atoms with Gasteiger partial charge in [0.15, 0.2) is 0 Å². The van der Waals surface area contributed by atoms with Crippen LogP contribution in [0.3, 0.4) is 0 Å². The molecule has 6 nitrogen and oxygen atoms in total. The molecule has 1 unspecified atom stereocenters. The molecule has 1 aliphatic rings. The van der Waals surface area contributed by atoms with E-state index in [1.54, 1.807) is 30.5 Å². The Labute approximate surface area is 145 Å². The van der Waals surface area contributed by atoms with E-state index in [9.17, 15) is 14.4 Å². The maximum Gasteiger partial charge on any atom is 0.323 e. The van der Waals surface area contributed by atoms with Crippen molar-refractivity contribution < 1.29 is 19.5 Å². The van der Waals surface area contributed by atoms with Gasteiger partial charge in [0.05, 0.1) is 5.92 Å². The van der Waals surface area contributed by atoms with Crippen molar-refractivity contribution >= 4 is 35.2 Å². The van der Waals surface area contributed by atoms with Gasteiger partial charge >= 0.3 is 5.97 Å². The Bertz CT molecular complexity index is 630. The molecule has 1 aromatic carbocycles. The summed E-state index contributed by atoms with van der Waals surface area (Å²) in [5, 5.41) is 8.98. The molecule has 0 aromatic heterocycles. The lowest BCUT2D eigenvalue weighted by Gasteiger charge is -2.27. The van der Waals surface area contributed by atoms with Crippen LogP contribution in [0.2, 0.25) is 0 Å². The number of anilines is 1. The number of hydrogen-bond acceptors (Lipinski definition) is 4. The topological polar surface area (TPSA) is 77.9 Å². The van der Waals surface area contributed by atoms with Gasteiger partial charge in [0.25, 0.3) is 0 Å². The van der Waals surface area contributed by atoms with Crippen LogP contribution >= 0.6 is 11.8 Å². The lowest BCUT2D eigenvalue weighted by atomic mass is 10.1. The first-order valence-corrected chi connectivity index (χ1v) is 9.02. The van der Waals surface area contributed by atoms with Crippen molar-refractivity contribution in [1.29, 1.82) is 0 Å². The van der Waals surface area contributed by atoms with Gasteiger partial charge in [-0.15, -0.1) is 11.8 Å². The zero-order chi connectivity index (χ0) is 17.9. The highest BCUT2D eigenvalue weighted by Gasteiger charge is 2.38. The standard InChI is InChI=1S/C17H22N2O4S/c1-11(2)18(10-16(21)22)17(23)12-8-15(20)19(9-12)13-4-6-14(24-3)7-5-13/h4-7,11-12H,8-10H2,1-3H3,(H,21,22). The van der Waals surface area contributed by atoms with Crippen LogP contribution < -0.4 is 4.90 Å². The number of benzene rings is 1. The van der Waals surface area contributed by atoms with E-state index < -0.39 is 11.9 Å². The van der Waals surface area contributed by atoms with E-state index in [1.165, 1.54) is 4.90 Å². The smallest absolute Gasteiger partial charge is 0.323 e. The molecule has 1 saturated heterocycles. The van der Waals surface area contributed by atoms with Crippen molar-refractivity contribution in [2.45, 2.75) is 31.2 Å². The number of thioether (sulfide) groups is 1. The highest BCUT2D eigenvalue weighted by atomic mass is 32.2. The van der Waals surface area contributed by atoms with Gasteiger partial charge in [-0.05, 0) is 44.4 Å². The molecule has 0 saturated carbocycles. The molecule has 24 heavy (non-hydrogen) atoms. The van der Waals surface area contributed by atoms with E-state index in [-0.39, 0.29) is 30.8 Å². The normalized spacial score (nSPS) is 17.4. The molecule has 1 aromatic rings. The summed E-state index contributed by atoms with van der Waals surface area (Å²) in [6.45, 7) is 3.50. The number of nitrogens with zero attached hydrogens (tertiary/aromatic N) is 2. The molecule has 7 heteroatoms. The Kier molecular flexibility index (Phi) is 5.88. The highest BCUT2D eigenvalue weighted by molar-refractivity contribution is 7.98. The van der Waals surface area contributed by atoms with Crippen LogP contribution in [0.15, 0.2) is 29.2 Å². The fraction of sp³-hybridized carbons (Fsp3) is 0.471. The predicted molar refractivity (Wildman–Crippen MR) is 93.2 cm³/mol. The van der Waals surface area contributed by atoms with E-state index in [0.717, 1.165) is 10.6 Å². The summed E-state index contributed by atoms with van der Waals surface area (Å²) in [4.78, 5) is 39.9. The average molecular weight is 350 g/mol. The van der Waals surface area contributed by atoms with Gasteiger partial charge in [-0.25, -0.2) is 0 Å². The zero-order valence-electron chi connectivity index (χ0n) is 14.1. The molecule has 0 bridgehead atoms. The fourth-order valence-corrected chi connectivity index (χ4v) is 3.19. The van der Waals surface area contributed by atoms with Crippen LogP contribution in [0.25, 0.3) is 0 Å². The first-order valence-electron chi connectivity index (χ1n) is 7.80. The lowest BCUT2D eigenvalue weighted by Crippen LogP contribution is -2.44. The lowest BCUT2D eigenvalue weighted by molar-refractivity contribution is -0.147. The molecule has 1 fully saturated rings. The minimum atomic E-state index is -1.05. The summed E-state index contributed by atoms with van der Waals surface area (Å²) in [5.41, 5.74) is 0.766. The van der Waals surface area contributed by atoms with Crippen LogP contribution in [0.4, 0.5) is 5.69 Å². The second-order valence-electron chi connectivity index (χ2n) is 6.06. The van der Waals surface area contributed by atoms with Crippen LogP contribution in [0.5, 0.6) is 0 Å². The van der Waals surface area contributed by atoms with Crippen LogP contribution in [0, 0.1) is 5.92 Å². The van der Waals surface area contributed by atoms with Gasteiger partial charge in [-0.3, -0.25) is 14.4 Å². The number of hydrogen-bond donors (Lipinski definition) is 1.